The third-order valence-electron chi connectivity index (χ3n) is 1.80. The molecule has 0 fully saturated rings. The number of carbonyl (C=O) groups excluding carboxylic acids is 1. The Hall–Kier alpha value is -1.34. The van der Waals surface area contributed by atoms with Crippen molar-refractivity contribution in [1.29, 1.82) is 5.26 Å². The van der Waals surface area contributed by atoms with E-state index in [4.69, 9.17) is 5.26 Å². The number of amides is 1. The van der Waals surface area contributed by atoms with E-state index in [1.54, 1.807) is 13.0 Å². The van der Waals surface area contributed by atoms with Gasteiger partial charge in [0, 0.05) is 5.57 Å². The molecule has 58 valence electrons. The van der Waals surface area contributed by atoms with Gasteiger partial charge in [-0.15, -0.1) is 0 Å². The molecule has 0 saturated heterocycles. The third-order valence-corrected chi connectivity index (χ3v) is 1.80. The molecule has 4 heteroatoms. The van der Waals surface area contributed by atoms with Crippen molar-refractivity contribution in [2.75, 3.05) is 0 Å². The first-order chi connectivity index (χ1) is 4.99. The zero-order valence-electron chi connectivity index (χ0n) is 6.30. The zero-order chi connectivity index (χ0) is 8.65. The Morgan fingerprint density at radius 3 is 2.45 bits per heavy atom. The van der Waals surface area contributed by atoms with Crippen molar-refractivity contribution >= 4 is 5.91 Å². The molecule has 2 N–H and O–H groups in total. The van der Waals surface area contributed by atoms with E-state index >= 15 is 0 Å². The average molecular weight is 152 g/mol. The van der Waals surface area contributed by atoms with E-state index in [9.17, 15) is 9.90 Å². The Labute approximate surface area is 64.1 Å². The molecule has 4 nitrogen and oxygen atoms in total. The minimum absolute atomic E-state index is 0.00926. The third kappa shape index (κ3) is 0.994. The van der Waals surface area contributed by atoms with E-state index < -0.39 is 11.6 Å². The van der Waals surface area contributed by atoms with Gasteiger partial charge in [-0.05, 0) is 13.8 Å². The largest absolute Gasteiger partial charge is 0.367 e. The molecule has 0 bridgehead atoms. The molecule has 0 radical (unpaired) electrons. The predicted molar refractivity (Wildman–Crippen MR) is 37.1 cm³/mol. The molecule has 0 aliphatic carbocycles. The Morgan fingerprint density at radius 1 is 1.73 bits per heavy atom. The second-order valence-electron chi connectivity index (χ2n) is 2.64. The Balaban J connectivity index is 3.18. The van der Waals surface area contributed by atoms with Gasteiger partial charge in [0.1, 0.15) is 11.6 Å². The molecule has 1 amide bonds. The fourth-order valence-corrected chi connectivity index (χ4v) is 0.926. The topological polar surface area (TPSA) is 73.1 Å². The van der Waals surface area contributed by atoms with Crippen molar-refractivity contribution in [2.24, 2.45) is 0 Å². The summed E-state index contributed by atoms with van der Waals surface area (Å²) in [6.45, 7) is 2.99. The standard InChI is InChI=1S/C7H8N2O2/c1-4-5(3-8)6(10)9-7(4,2)11/h11H,1-2H3,(H,9,10)/t7-/m1/s1. The lowest BCUT2D eigenvalue weighted by atomic mass is 10.1. The first-order valence-electron chi connectivity index (χ1n) is 3.15. The van der Waals surface area contributed by atoms with Gasteiger partial charge < -0.3 is 10.4 Å². The van der Waals surface area contributed by atoms with Gasteiger partial charge in [-0.3, -0.25) is 4.79 Å². The molecule has 1 aliphatic heterocycles. The minimum Gasteiger partial charge on any atom is -0.367 e. The summed E-state index contributed by atoms with van der Waals surface area (Å²) in [5.41, 5.74) is -0.956. The number of nitriles is 1. The van der Waals surface area contributed by atoms with Crippen molar-refractivity contribution in [3.05, 3.63) is 11.1 Å². The van der Waals surface area contributed by atoms with Gasteiger partial charge in [-0.2, -0.15) is 5.26 Å². The molecule has 1 heterocycles. The summed E-state index contributed by atoms with van der Waals surface area (Å²) in [5, 5.41) is 20.1. The highest BCUT2D eigenvalue weighted by molar-refractivity contribution is 6.01. The fraction of sp³-hybridized carbons (Fsp3) is 0.429. The van der Waals surface area contributed by atoms with Gasteiger partial charge in [0.05, 0.1) is 0 Å². The van der Waals surface area contributed by atoms with Crippen LogP contribution in [0.5, 0.6) is 0 Å². The lowest BCUT2D eigenvalue weighted by molar-refractivity contribution is -0.119. The zero-order valence-corrected chi connectivity index (χ0v) is 6.30. The first kappa shape index (κ1) is 7.76. The van der Waals surface area contributed by atoms with Crippen LogP contribution in [0.2, 0.25) is 0 Å². The summed E-state index contributed by atoms with van der Waals surface area (Å²) in [6, 6.07) is 1.73. The van der Waals surface area contributed by atoms with Crippen LogP contribution in [0.1, 0.15) is 13.8 Å². The molecule has 0 saturated carbocycles. The van der Waals surface area contributed by atoms with Crippen LogP contribution < -0.4 is 5.32 Å². The van der Waals surface area contributed by atoms with E-state index in [1.807, 2.05) is 0 Å². The monoisotopic (exact) mass is 152 g/mol. The van der Waals surface area contributed by atoms with Crippen LogP contribution >= 0.6 is 0 Å². The van der Waals surface area contributed by atoms with E-state index in [2.05, 4.69) is 5.32 Å². The molecule has 0 aromatic rings. The maximum Gasteiger partial charge on any atom is 0.264 e. The Kier molecular flexibility index (Phi) is 1.46. The first-order valence-corrected chi connectivity index (χ1v) is 3.15. The van der Waals surface area contributed by atoms with E-state index in [0.717, 1.165) is 0 Å². The smallest absolute Gasteiger partial charge is 0.264 e. The van der Waals surface area contributed by atoms with Gasteiger partial charge in [0.25, 0.3) is 5.91 Å². The molecule has 1 aliphatic rings. The molecule has 1 rings (SSSR count). The van der Waals surface area contributed by atoms with Crippen LogP contribution in [0.25, 0.3) is 0 Å². The molecule has 1 atom stereocenters. The molecule has 0 aromatic heterocycles. The highest BCUT2D eigenvalue weighted by atomic mass is 16.3. The van der Waals surface area contributed by atoms with Gasteiger partial charge in [0.2, 0.25) is 0 Å². The lowest BCUT2D eigenvalue weighted by Gasteiger charge is -2.17. The molecule has 0 spiro atoms. The lowest BCUT2D eigenvalue weighted by Crippen LogP contribution is -2.40. The van der Waals surface area contributed by atoms with Gasteiger partial charge >= 0.3 is 0 Å². The summed E-state index contributed by atoms with van der Waals surface area (Å²) in [6.07, 6.45) is 0. The van der Waals surface area contributed by atoms with Crippen LogP contribution in [0.4, 0.5) is 0 Å². The average Bonchev–Trinajstić information content (AvgIpc) is 2.04. The van der Waals surface area contributed by atoms with Gasteiger partial charge in [-0.25, -0.2) is 0 Å². The number of carbonyl (C=O) groups is 1. The number of nitrogens with one attached hydrogen (secondary N) is 1. The maximum atomic E-state index is 10.9. The highest BCUT2D eigenvalue weighted by Crippen LogP contribution is 2.23. The molecule has 0 aromatic carbocycles. The van der Waals surface area contributed by atoms with E-state index in [0.29, 0.717) is 5.57 Å². The van der Waals surface area contributed by atoms with Crippen LogP contribution in [0.3, 0.4) is 0 Å². The normalized spacial score (nSPS) is 30.2. The van der Waals surface area contributed by atoms with Crippen LogP contribution in [0, 0.1) is 11.3 Å². The van der Waals surface area contributed by atoms with Crippen molar-refractivity contribution < 1.29 is 9.90 Å². The summed E-state index contributed by atoms with van der Waals surface area (Å²) in [4.78, 5) is 10.9. The molecular formula is C7H8N2O2. The fourth-order valence-electron chi connectivity index (χ4n) is 0.926. The quantitative estimate of drug-likeness (QED) is 0.499. The second kappa shape index (κ2) is 2.07. The maximum absolute atomic E-state index is 10.9. The summed E-state index contributed by atoms with van der Waals surface area (Å²) < 4.78 is 0. The summed E-state index contributed by atoms with van der Waals surface area (Å²) in [5.74, 6) is -0.505. The SMILES string of the molecule is CC1=C(C#N)C(=O)N[C@]1(C)O. The van der Waals surface area contributed by atoms with Crippen molar-refractivity contribution in [1.82, 2.24) is 5.32 Å². The Morgan fingerprint density at radius 2 is 2.27 bits per heavy atom. The summed E-state index contributed by atoms with van der Waals surface area (Å²) in [7, 11) is 0. The number of hydrogen-bond acceptors (Lipinski definition) is 3. The van der Waals surface area contributed by atoms with Crippen LogP contribution in [-0.4, -0.2) is 16.7 Å². The van der Waals surface area contributed by atoms with E-state index in [1.165, 1.54) is 6.92 Å². The highest BCUT2D eigenvalue weighted by Gasteiger charge is 2.36. The number of hydrogen-bond donors (Lipinski definition) is 2. The summed E-state index contributed by atoms with van der Waals surface area (Å²) >= 11 is 0. The van der Waals surface area contributed by atoms with Crippen molar-refractivity contribution in [3.8, 4) is 6.07 Å². The van der Waals surface area contributed by atoms with Crippen molar-refractivity contribution in [3.63, 3.8) is 0 Å². The Bertz CT molecular complexity index is 283. The van der Waals surface area contributed by atoms with Crippen LogP contribution in [-0.2, 0) is 4.79 Å². The van der Waals surface area contributed by atoms with Crippen molar-refractivity contribution in [2.45, 2.75) is 19.6 Å². The van der Waals surface area contributed by atoms with E-state index in [-0.39, 0.29) is 5.57 Å². The second-order valence-corrected chi connectivity index (χ2v) is 2.64. The predicted octanol–water partition coefficient (Wildman–Crippen LogP) is -0.335. The number of aliphatic hydroxyl groups is 1. The molecule has 11 heavy (non-hydrogen) atoms. The number of nitrogens with zero attached hydrogens (tertiary/aromatic N) is 1. The van der Waals surface area contributed by atoms with Gasteiger partial charge in [0.15, 0.2) is 5.72 Å². The minimum atomic E-state index is -1.35. The number of rotatable bonds is 0. The molecular weight excluding hydrogens is 144 g/mol. The van der Waals surface area contributed by atoms with Gasteiger partial charge in [-0.1, -0.05) is 0 Å². The van der Waals surface area contributed by atoms with Crippen LogP contribution in [0.15, 0.2) is 11.1 Å². The molecule has 0 unspecified atom stereocenters.